The SMILES string of the molecule is Ic1cccc(N(c2cccc(I)c2)c2cccc(N(c3cccc(I)c3)c3cccc(I)c3)c2)c1. The highest BCUT2D eigenvalue weighted by atomic mass is 127. The van der Waals surface area contributed by atoms with Crippen LogP contribution in [0.1, 0.15) is 0 Å². The van der Waals surface area contributed by atoms with Gasteiger partial charge in [-0.05, 0) is 181 Å². The molecule has 6 heteroatoms. The number of halogens is 4. The quantitative estimate of drug-likeness (QED) is 0.157. The van der Waals surface area contributed by atoms with Crippen LogP contribution in [0.5, 0.6) is 0 Å². The Morgan fingerprint density at radius 3 is 0.778 bits per heavy atom. The van der Waals surface area contributed by atoms with E-state index in [1.165, 1.54) is 14.3 Å². The molecule has 178 valence electrons. The highest BCUT2D eigenvalue weighted by Gasteiger charge is 2.18. The fourth-order valence-electron chi connectivity index (χ4n) is 4.13. The number of benzene rings is 5. The van der Waals surface area contributed by atoms with Crippen LogP contribution in [-0.2, 0) is 0 Å². The van der Waals surface area contributed by atoms with Gasteiger partial charge in [0.1, 0.15) is 0 Å². The molecule has 0 aliphatic heterocycles. The molecular weight excluding hydrogens is 896 g/mol. The molecule has 0 aliphatic carbocycles. The highest BCUT2D eigenvalue weighted by molar-refractivity contribution is 14.1. The Bertz CT molecular complexity index is 1320. The largest absolute Gasteiger partial charge is 0.310 e. The van der Waals surface area contributed by atoms with E-state index in [0.717, 1.165) is 34.1 Å². The monoisotopic (exact) mass is 916 g/mol. The van der Waals surface area contributed by atoms with Crippen LogP contribution in [-0.4, -0.2) is 0 Å². The van der Waals surface area contributed by atoms with Crippen LogP contribution in [0, 0.1) is 14.3 Å². The van der Waals surface area contributed by atoms with Gasteiger partial charge in [0.2, 0.25) is 0 Å². The van der Waals surface area contributed by atoms with E-state index in [4.69, 9.17) is 0 Å². The van der Waals surface area contributed by atoms with Crippen LogP contribution >= 0.6 is 90.4 Å². The Kier molecular flexibility index (Phi) is 8.74. The molecule has 0 fully saturated rings. The predicted molar refractivity (Wildman–Crippen MR) is 187 cm³/mol. The van der Waals surface area contributed by atoms with Crippen LogP contribution in [0.3, 0.4) is 0 Å². The Balaban J connectivity index is 1.69. The van der Waals surface area contributed by atoms with E-state index in [2.05, 4.69) is 221 Å². The minimum absolute atomic E-state index is 1.11. The Hall–Kier alpha value is -1.38. The minimum Gasteiger partial charge on any atom is -0.310 e. The van der Waals surface area contributed by atoms with Gasteiger partial charge in [0.05, 0.1) is 0 Å². The molecule has 5 aromatic carbocycles. The lowest BCUT2D eigenvalue weighted by molar-refractivity contribution is 1.24. The number of nitrogens with zero attached hydrogens (tertiary/aromatic N) is 2. The summed E-state index contributed by atoms with van der Waals surface area (Å²) in [5.41, 5.74) is 6.76. The summed E-state index contributed by atoms with van der Waals surface area (Å²) in [6.45, 7) is 0. The Labute approximate surface area is 266 Å². The van der Waals surface area contributed by atoms with Crippen molar-refractivity contribution >= 4 is 124 Å². The molecule has 0 saturated carbocycles. The lowest BCUT2D eigenvalue weighted by atomic mass is 10.1. The van der Waals surface area contributed by atoms with Crippen molar-refractivity contribution in [1.29, 1.82) is 0 Å². The van der Waals surface area contributed by atoms with E-state index in [-0.39, 0.29) is 0 Å². The van der Waals surface area contributed by atoms with Gasteiger partial charge in [-0.1, -0.05) is 30.3 Å². The zero-order valence-electron chi connectivity index (χ0n) is 19.0. The molecule has 0 amide bonds. The Morgan fingerprint density at radius 2 is 0.528 bits per heavy atom. The van der Waals surface area contributed by atoms with Gasteiger partial charge < -0.3 is 9.80 Å². The highest BCUT2D eigenvalue weighted by Crippen LogP contribution is 2.41. The second-order valence-electron chi connectivity index (χ2n) is 8.11. The lowest BCUT2D eigenvalue weighted by Crippen LogP contribution is -2.13. The number of anilines is 6. The molecule has 0 spiro atoms. The summed E-state index contributed by atoms with van der Waals surface area (Å²) < 4.78 is 4.82. The molecule has 0 heterocycles. The van der Waals surface area contributed by atoms with Gasteiger partial charge in [0.25, 0.3) is 0 Å². The van der Waals surface area contributed by atoms with Crippen molar-refractivity contribution in [1.82, 2.24) is 0 Å². The second kappa shape index (κ2) is 12.0. The molecule has 36 heavy (non-hydrogen) atoms. The summed E-state index contributed by atoms with van der Waals surface area (Å²) in [6.07, 6.45) is 0. The Morgan fingerprint density at radius 1 is 0.306 bits per heavy atom. The average molecular weight is 916 g/mol. The van der Waals surface area contributed by atoms with Crippen molar-refractivity contribution in [2.24, 2.45) is 0 Å². The molecule has 5 aromatic rings. The topological polar surface area (TPSA) is 6.48 Å². The second-order valence-corrected chi connectivity index (χ2v) is 13.1. The third-order valence-corrected chi connectivity index (χ3v) is 8.30. The van der Waals surface area contributed by atoms with E-state index >= 15 is 0 Å². The summed E-state index contributed by atoms with van der Waals surface area (Å²) in [4.78, 5) is 4.66. The fraction of sp³-hybridized carbons (Fsp3) is 0. The smallest absolute Gasteiger partial charge is 0.0482 e. The van der Waals surface area contributed by atoms with Crippen molar-refractivity contribution in [2.75, 3.05) is 9.80 Å². The van der Waals surface area contributed by atoms with Gasteiger partial charge in [-0.25, -0.2) is 0 Å². The number of hydrogen-bond donors (Lipinski definition) is 0. The molecule has 2 nitrogen and oxygen atoms in total. The van der Waals surface area contributed by atoms with Crippen molar-refractivity contribution in [3.8, 4) is 0 Å². The first-order chi connectivity index (χ1) is 17.5. The summed E-state index contributed by atoms with van der Waals surface area (Å²) >= 11 is 9.54. The van der Waals surface area contributed by atoms with Crippen molar-refractivity contribution < 1.29 is 0 Å². The summed E-state index contributed by atoms with van der Waals surface area (Å²) in [7, 11) is 0. The molecule has 0 unspecified atom stereocenters. The molecule has 0 N–H and O–H groups in total. The van der Waals surface area contributed by atoms with E-state index < -0.39 is 0 Å². The lowest BCUT2D eigenvalue weighted by Gasteiger charge is -2.29. The van der Waals surface area contributed by atoms with Crippen LogP contribution in [0.4, 0.5) is 34.1 Å². The predicted octanol–water partition coefficient (Wildman–Crippen LogP) is 11.0. The normalized spacial score (nSPS) is 10.8. The van der Waals surface area contributed by atoms with E-state index in [9.17, 15) is 0 Å². The van der Waals surface area contributed by atoms with Crippen LogP contribution in [0.25, 0.3) is 0 Å². The zero-order valence-corrected chi connectivity index (χ0v) is 27.6. The van der Waals surface area contributed by atoms with Gasteiger partial charge >= 0.3 is 0 Å². The average Bonchev–Trinajstić information content (AvgIpc) is 2.85. The van der Waals surface area contributed by atoms with Crippen LogP contribution < -0.4 is 9.80 Å². The van der Waals surface area contributed by atoms with Crippen molar-refractivity contribution in [2.45, 2.75) is 0 Å². The molecule has 0 radical (unpaired) electrons. The maximum atomic E-state index is 2.39. The van der Waals surface area contributed by atoms with E-state index in [1.54, 1.807) is 0 Å². The van der Waals surface area contributed by atoms with Gasteiger partial charge in [-0.15, -0.1) is 0 Å². The molecular formula is C30H20I4N2. The zero-order chi connectivity index (χ0) is 25.1. The first kappa shape index (κ1) is 26.2. The van der Waals surface area contributed by atoms with Gasteiger partial charge in [-0.2, -0.15) is 0 Å². The molecule has 0 bridgehead atoms. The maximum absolute atomic E-state index is 2.39. The molecule has 0 saturated heterocycles. The molecule has 5 rings (SSSR count). The minimum atomic E-state index is 1.11. The summed E-state index contributed by atoms with van der Waals surface area (Å²) in [5.74, 6) is 0. The van der Waals surface area contributed by atoms with Crippen molar-refractivity contribution in [3.63, 3.8) is 0 Å². The molecule has 0 aromatic heterocycles. The van der Waals surface area contributed by atoms with E-state index in [0.29, 0.717) is 0 Å². The standard InChI is InChI=1S/C30H20I4N2/c31-21-6-1-10-25(16-21)35(26-11-2-7-22(32)17-26)29-14-5-15-30(20-29)36(27-12-3-8-23(33)18-27)28-13-4-9-24(34)19-28/h1-20H. The third kappa shape index (κ3) is 6.18. The van der Waals surface area contributed by atoms with Gasteiger partial charge in [-0.3, -0.25) is 0 Å². The van der Waals surface area contributed by atoms with Gasteiger partial charge in [0.15, 0.2) is 0 Å². The third-order valence-electron chi connectivity index (χ3n) is 5.61. The van der Waals surface area contributed by atoms with Crippen LogP contribution in [0.2, 0.25) is 0 Å². The maximum Gasteiger partial charge on any atom is 0.0482 e. The summed E-state index contributed by atoms with van der Waals surface area (Å²) in [5, 5.41) is 0. The van der Waals surface area contributed by atoms with Crippen LogP contribution in [0.15, 0.2) is 121 Å². The molecule has 0 aliphatic rings. The van der Waals surface area contributed by atoms with Gasteiger partial charge in [0, 0.05) is 48.4 Å². The fourth-order valence-corrected chi connectivity index (χ4v) is 6.23. The first-order valence-electron chi connectivity index (χ1n) is 11.2. The number of rotatable bonds is 6. The molecule has 0 atom stereocenters. The summed E-state index contributed by atoms with van der Waals surface area (Å²) in [6, 6.07) is 43.4. The first-order valence-corrected chi connectivity index (χ1v) is 15.5. The van der Waals surface area contributed by atoms with E-state index in [1.807, 2.05) is 0 Å². The number of hydrogen-bond acceptors (Lipinski definition) is 2. The van der Waals surface area contributed by atoms with Crippen molar-refractivity contribution in [3.05, 3.63) is 136 Å².